The Bertz CT molecular complexity index is 695. The lowest BCUT2D eigenvalue weighted by Gasteiger charge is -2.21. The van der Waals surface area contributed by atoms with E-state index in [4.69, 9.17) is 4.74 Å². The van der Waals surface area contributed by atoms with Crippen LogP contribution in [0.2, 0.25) is 0 Å². The predicted molar refractivity (Wildman–Crippen MR) is 102 cm³/mol. The maximum Gasteiger partial charge on any atom is 0.255 e. The zero-order chi connectivity index (χ0) is 16.8. The number of amides is 1. The fourth-order valence-corrected chi connectivity index (χ4v) is 4.50. The van der Waals surface area contributed by atoms with E-state index < -0.39 is 0 Å². The molecule has 0 heterocycles. The Balaban J connectivity index is 1.58. The van der Waals surface area contributed by atoms with Crippen molar-refractivity contribution in [2.24, 2.45) is 0 Å². The van der Waals surface area contributed by atoms with Crippen molar-refractivity contribution in [3.8, 4) is 5.75 Å². The fourth-order valence-electron chi connectivity index (χ4n) is 3.28. The smallest absolute Gasteiger partial charge is 0.255 e. The van der Waals surface area contributed by atoms with Crippen molar-refractivity contribution < 1.29 is 9.53 Å². The Morgan fingerprint density at radius 3 is 2.58 bits per heavy atom. The monoisotopic (exact) mass is 343 g/mol. The van der Waals surface area contributed by atoms with Crippen LogP contribution in [-0.4, -0.2) is 30.6 Å². The number of thioether (sulfide) groups is 1. The first kappa shape index (κ1) is 17.2. The molecule has 24 heavy (non-hydrogen) atoms. The molecule has 2 aromatic rings. The number of hydrogen-bond donors (Lipinski definition) is 1. The van der Waals surface area contributed by atoms with Gasteiger partial charge in [0.25, 0.3) is 5.91 Å². The van der Waals surface area contributed by atoms with Gasteiger partial charge in [-0.2, -0.15) is 11.8 Å². The summed E-state index contributed by atoms with van der Waals surface area (Å²) in [5, 5.41) is 5.96. The highest BCUT2D eigenvalue weighted by Crippen LogP contribution is 2.28. The average Bonchev–Trinajstić information content (AvgIpc) is 2.64. The quantitative estimate of drug-likeness (QED) is 0.776. The van der Waals surface area contributed by atoms with Crippen LogP contribution in [0.4, 0.5) is 0 Å². The van der Waals surface area contributed by atoms with Crippen LogP contribution < -0.4 is 10.1 Å². The summed E-state index contributed by atoms with van der Waals surface area (Å²) in [4.78, 5) is 12.5. The maximum absolute atomic E-state index is 12.5. The Morgan fingerprint density at radius 1 is 1.17 bits per heavy atom. The van der Waals surface area contributed by atoms with E-state index in [0.717, 1.165) is 21.8 Å². The first-order chi connectivity index (χ1) is 11.8. The van der Waals surface area contributed by atoms with Crippen LogP contribution in [-0.2, 0) is 0 Å². The van der Waals surface area contributed by atoms with Crippen LogP contribution in [0.5, 0.6) is 5.75 Å². The van der Waals surface area contributed by atoms with Crippen molar-refractivity contribution >= 4 is 28.4 Å². The Morgan fingerprint density at radius 2 is 1.88 bits per heavy atom. The van der Waals surface area contributed by atoms with Crippen LogP contribution in [0, 0.1) is 0 Å². The highest BCUT2D eigenvalue weighted by molar-refractivity contribution is 7.99. The van der Waals surface area contributed by atoms with Crippen molar-refractivity contribution in [2.75, 3.05) is 19.4 Å². The summed E-state index contributed by atoms with van der Waals surface area (Å²) in [6, 6.07) is 11.9. The van der Waals surface area contributed by atoms with E-state index in [-0.39, 0.29) is 5.91 Å². The molecule has 1 N–H and O–H groups in total. The average molecular weight is 343 g/mol. The Kier molecular flexibility index (Phi) is 6.02. The zero-order valence-corrected chi connectivity index (χ0v) is 15.0. The van der Waals surface area contributed by atoms with Gasteiger partial charge >= 0.3 is 0 Å². The minimum atomic E-state index is -0.0538. The molecule has 0 bridgehead atoms. The summed E-state index contributed by atoms with van der Waals surface area (Å²) in [6.07, 6.45) is 6.76. The first-order valence-corrected chi connectivity index (χ1v) is 9.79. The number of nitrogens with one attached hydrogen (secondary N) is 1. The van der Waals surface area contributed by atoms with Crippen molar-refractivity contribution in [3.05, 3.63) is 42.0 Å². The van der Waals surface area contributed by atoms with Crippen LogP contribution in [0.1, 0.15) is 42.5 Å². The van der Waals surface area contributed by atoms with Gasteiger partial charge in [0.15, 0.2) is 0 Å². The summed E-state index contributed by atoms with van der Waals surface area (Å²) in [5.41, 5.74) is 0.610. The van der Waals surface area contributed by atoms with E-state index in [0.29, 0.717) is 17.9 Å². The van der Waals surface area contributed by atoms with E-state index in [9.17, 15) is 4.79 Å². The minimum Gasteiger partial charge on any atom is -0.496 e. The van der Waals surface area contributed by atoms with E-state index >= 15 is 0 Å². The summed E-state index contributed by atoms with van der Waals surface area (Å²) in [5.74, 6) is 1.56. The number of fused-ring (bicyclic) bond motifs is 1. The SMILES string of the molecule is COc1cc2ccccc2cc1C(=O)NCCSC1CCCCC1. The van der Waals surface area contributed by atoms with E-state index in [1.807, 2.05) is 48.2 Å². The maximum atomic E-state index is 12.5. The van der Waals surface area contributed by atoms with Crippen molar-refractivity contribution in [1.29, 1.82) is 0 Å². The zero-order valence-electron chi connectivity index (χ0n) is 14.2. The normalized spacial score (nSPS) is 15.4. The highest BCUT2D eigenvalue weighted by Gasteiger charge is 2.15. The molecule has 0 aliphatic heterocycles. The predicted octanol–water partition coefficient (Wildman–Crippen LogP) is 4.64. The third-order valence-corrected chi connectivity index (χ3v) is 5.99. The molecule has 1 saturated carbocycles. The number of benzene rings is 2. The van der Waals surface area contributed by atoms with Crippen LogP contribution in [0.3, 0.4) is 0 Å². The topological polar surface area (TPSA) is 38.3 Å². The van der Waals surface area contributed by atoms with Gasteiger partial charge in [-0.25, -0.2) is 0 Å². The van der Waals surface area contributed by atoms with Crippen LogP contribution in [0.15, 0.2) is 36.4 Å². The van der Waals surface area contributed by atoms with E-state index in [1.54, 1.807) is 7.11 Å². The molecular weight excluding hydrogens is 318 g/mol. The molecule has 0 atom stereocenters. The molecule has 128 valence electrons. The lowest BCUT2D eigenvalue weighted by atomic mass is 10.0. The largest absolute Gasteiger partial charge is 0.496 e. The van der Waals surface area contributed by atoms with Gasteiger partial charge in [0.1, 0.15) is 5.75 Å². The molecule has 0 aromatic heterocycles. The summed E-state index contributed by atoms with van der Waals surface area (Å²) in [6.45, 7) is 0.704. The van der Waals surface area contributed by atoms with Gasteiger partial charge in [-0.05, 0) is 35.7 Å². The van der Waals surface area contributed by atoms with Crippen molar-refractivity contribution in [3.63, 3.8) is 0 Å². The molecule has 1 fully saturated rings. The standard InChI is InChI=1S/C20H25NO2S/c1-23-19-14-16-8-6-5-7-15(16)13-18(19)20(22)21-11-12-24-17-9-3-2-4-10-17/h5-8,13-14,17H,2-4,9-12H2,1H3,(H,21,22). The molecule has 4 heteroatoms. The molecule has 0 spiro atoms. The molecule has 0 unspecified atom stereocenters. The summed E-state index contributed by atoms with van der Waals surface area (Å²) in [7, 11) is 1.61. The van der Waals surface area contributed by atoms with E-state index in [1.165, 1.54) is 32.1 Å². The minimum absolute atomic E-state index is 0.0538. The van der Waals surface area contributed by atoms with Gasteiger partial charge in [0.2, 0.25) is 0 Å². The highest BCUT2D eigenvalue weighted by atomic mass is 32.2. The van der Waals surface area contributed by atoms with Crippen molar-refractivity contribution in [2.45, 2.75) is 37.4 Å². The number of rotatable bonds is 6. The Labute approximate surface area is 148 Å². The molecule has 1 aliphatic rings. The summed E-state index contributed by atoms with van der Waals surface area (Å²) < 4.78 is 5.41. The molecule has 1 amide bonds. The van der Waals surface area contributed by atoms with Crippen LogP contribution in [0.25, 0.3) is 10.8 Å². The third kappa shape index (κ3) is 4.23. The Hall–Kier alpha value is -1.68. The molecule has 0 radical (unpaired) electrons. The fraction of sp³-hybridized carbons (Fsp3) is 0.450. The second-order valence-corrected chi connectivity index (χ2v) is 7.69. The van der Waals surface area contributed by atoms with Gasteiger partial charge < -0.3 is 10.1 Å². The number of hydrogen-bond acceptors (Lipinski definition) is 3. The number of methoxy groups -OCH3 is 1. The second kappa shape index (κ2) is 8.43. The molecular formula is C20H25NO2S. The third-order valence-electron chi connectivity index (χ3n) is 4.61. The van der Waals surface area contributed by atoms with E-state index in [2.05, 4.69) is 5.32 Å². The number of carbonyl (C=O) groups excluding carboxylic acids is 1. The van der Waals surface area contributed by atoms with Gasteiger partial charge in [-0.1, -0.05) is 43.5 Å². The molecule has 0 saturated heterocycles. The van der Waals surface area contributed by atoms with Gasteiger partial charge in [0.05, 0.1) is 12.7 Å². The van der Waals surface area contributed by atoms with Crippen molar-refractivity contribution in [1.82, 2.24) is 5.32 Å². The first-order valence-electron chi connectivity index (χ1n) is 8.74. The molecule has 3 rings (SSSR count). The second-order valence-electron chi connectivity index (χ2n) is 6.29. The van der Waals surface area contributed by atoms with Gasteiger partial charge in [-0.3, -0.25) is 4.79 Å². The van der Waals surface area contributed by atoms with Gasteiger partial charge in [0, 0.05) is 17.5 Å². The van der Waals surface area contributed by atoms with Crippen LogP contribution >= 0.6 is 11.8 Å². The molecule has 2 aromatic carbocycles. The summed E-state index contributed by atoms with van der Waals surface area (Å²) >= 11 is 2.00. The number of ether oxygens (including phenoxy) is 1. The lowest BCUT2D eigenvalue weighted by Crippen LogP contribution is -2.27. The van der Waals surface area contributed by atoms with Gasteiger partial charge in [-0.15, -0.1) is 0 Å². The number of carbonyl (C=O) groups is 1. The lowest BCUT2D eigenvalue weighted by molar-refractivity contribution is 0.0953. The molecule has 3 nitrogen and oxygen atoms in total. The molecule has 1 aliphatic carbocycles.